The van der Waals surface area contributed by atoms with Gasteiger partial charge in [-0.3, -0.25) is 4.79 Å². The van der Waals surface area contributed by atoms with E-state index in [1.165, 1.54) is 0 Å². The zero-order chi connectivity index (χ0) is 10.6. The summed E-state index contributed by atoms with van der Waals surface area (Å²) in [6.07, 6.45) is 1.41. The number of rotatable bonds is 6. The van der Waals surface area contributed by atoms with E-state index in [4.69, 9.17) is 15.2 Å². The zero-order valence-corrected chi connectivity index (χ0v) is 8.19. The summed E-state index contributed by atoms with van der Waals surface area (Å²) in [7, 11) is 0. The lowest BCUT2D eigenvalue weighted by molar-refractivity contribution is -0.145. The number of epoxide rings is 1. The summed E-state index contributed by atoms with van der Waals surface area (Å²) in [5.41, 5.74) is 4.93. The minimum absolute atomic E-state index is 0.387. The van der Waals surface area contributed by atoms with Crippen LogP contribution < -0.4 is 5.73 Å². The molecule has 1 saturated heterocycles. The van der Waals surface area contributed by atoms with E-state index in [0.29, 0.717) is 6.61 Å². The van der Waals surface area contributed by atoms with Crippen molar-refractivity contribution in [1.82, 2.24) is 0 Å². The number of carbonyl (C=O) groups excluding carboxylic acids is 2. The average Bonchev–Trinajstić information content (AvgIpc) is 2.91. The third-order valence-corrected chi connectivity index (χ3v) is 2.00. The number of hydrogen-bond acceptors (Lipinski definition) is 4. The van der Waals surface area contributed by atoms with Crippen molar-refractivity contribution in [3.8, 4) is 0 Å². The second-order valence-corrected chi connectivity index (χ2v) is 3.25. The van der Waals surface area contributed by atoms with E-state index in [0.717, 1.165) is 19.3 Å². The number of esters is 1. The highest BCUT2D eigenvalue weighted by Crippen LogP contribution is 2.22. The molecular weight excluding hydrogens is 186 g/mol. The molecule has 0 aromatic heterocycles. The number of primary amides is 1. The second-order valence-electron chi connectivity index (χ2n) is 3.25. The van der Waals surface area contributed by atoms with Crippen LogP contribution in [0.25, 0.3) is 0 Å². The third kappa shape index (κ3) is 2.99. The summed E-state index contributed by atoms with van der Waals surface area (Å²) in [6.45, 7) is 2.45. The normalized spacial score (nSPS) is 24.4. The standard InChI is InChI=1S/C9H15NO4/c1-2-3-4-5-13-9(12)7-6(14-7)8(10)11/h6-7H,2-5H2,1H3,(H2,10,11). The molecule has 80 valence electrons. The summed E-state index contributed by atoms with van der Waals surface area (Å²) < 4.78 is 9.62. The maximum Gasteiger partial charge on any atom is 0.338 e. The van der Waals surface area contributed by atoms with Crippen LogP contribution in [-0.4, -0.2) is 30.7 Å². The van der Waals surface area contributed by atoms with Crippen LogP contribution in [0.3, 0.4) is 0 Å². The van der Waals surface area contributed by atoms with Crippen LogP contribution in [-0.2, 0) is 19.1 Å². The molecule has 0 saturated carbocycles. The van der Waals surface area contributed by atoms with Gasteiger partial charge in [-0.15, -0.1) is 0 Å². The van der Waals surface area contributed by atoms with E-state index in [1.807, 2.05) is 0 Å². The molecule has 1 amide bonds. The molecule has 1 aliphatic heterocycles. The van der Waals surface area contributed by atoms with Gasteiger partial charge in [0.1, 0.15) is 0 Å². The topological polar surface area (TPSA) is 81.9 Å². The Morgan fingerprint density at radius 3 is 2.57 bits per heavy atom. The first-order valence-electron chi connectivity index (χ1n) is 4.78. The van der Waals surface area contributed by atoms with Crippen molar-refractivity contribution in [1.29, 1.82) is 0 Å². The molecule has 5 heteroatoms. The number of amides is 1. The van der Waals surface area contributed by atoms with Crippen LogP contribution in [0.1, 0.15) is 26.2 Å². The number of carbonyl (C=O) groups is 2. The van der Waals surface area contributed by atoms with Gasteiger partial charge < -0.3 is 15.2 Å². The van der Waals surface area contributed by atoms with Gasteiger partial charge in [0, 0.05) is 0 Å². The van der Waals surface area contributed by atoms with Gasteiger partial charge in [-0.2, -0.15) is 0 Å². The molecule has 0 bridgehead atoms. The molecule has 0 aromatic carbocycles. The minimum Gasteiger partial charge on any atom is -0.464 e. The molecule has 1 fully saturated rings. The summed E-state index contributed by atoms with van der Waals surface area (Å²) in [5.74, 6) is -1.09. The van der Waals surface area contributed by atoms with Crippen molar-refractivity contribution < 1.29 is 19.1 Å². The molecule has 2 unspecified atom stereocenters. The van der Waals surface area contributed by atoms with E-state index >= 15 is 0 Å². The Balaban J connectivity index is 2.09. The van der Waals surface area contributed by atoms with E-state index < -0.39 is 24.1 Å². The van der Waals surface area contributed by atoms with Gasteiger partial charge in [-0.1, -0.05) is 19.8 Å². The molecule has 0 spiro atoms. The Kier molecular flexibility index (Phi) is 3.88. The van der Waals surface area contributed by atoms with Crippen molar-refractivity contribution in [2.24, 2.45) is 5.73 Å². The highest BCUT2D eigenvalue weighted by molar-refractivity contribution is 5.91. The van der Waals surface area contributed by atoms with Gasteiger partial charge in [0.2, 0.25) is 5.91 Å². The maximum atomic E-state index is 11.1. The maximum absolute atomic E-state index is 11.1. The van der Waals surface area contributed by atoms with Crippen LogP contribution in [0.4, 0.5) is 0 Å². The lowest BCUT2D eigenvalue weighted by Crippen LogP contribution is -2.24. The van der Waals surface area contributed by atoms with Gasteiger partial charge in [0.15, 0.2) is 12.2 Å². The summed E-state index contributed by atoms with van der Waals surface area (Å²) in [6, 6.07) is 0. The number of hydrogen-bond donors (Lipinski definition) is 1. The van der Waals surface area contributed by atoms with Crippen molar-refractivity contribution in [3.63, 3.8) is 0 Å². The van der Waals surface area contributed by atoms with E-state index in [9.17, 15) is 9.59 Å². The minimum atomic E-state index is -0.770. The quantitative estimate of drug-likeness (QED) is 0.372. The van der Waals surface area contributed by atoms with Crippen molar-refractivity contribution >= 4 is 11.9 Å². The van der Waals surface area contributed by atoms with Crippen LogP contribution in [0, 0.1) is 0 Å². The first kappa shape index (κ1) is 11.0. The van der Waals surface area contributed by atoms with Crippen LogP contribution in [0.15, 0.2) is 0 Å². The van der Waals surface area contributed by atoms with Crippen molar-refractivity contribution in [2.75, 3.05) is 6.61 Å². The molecule has 0 aliphatic carbocycles. The first-order valence-corrected chi connectivity index (χ1v) is 4.78. The van der Waals surface area contributed by atoms with E-state index in [-0.39, 0.29) is 0 Å². The van der Waals surface area contributed by atoms with Crippen LogP contribution in [0.2, 0.25) is 0 Å². The lowest BCUT2D eigenvalue weighted by Gasteiger charge is -2.00. The Labute approximate surface area is 82.5 Å². The van der Waals surface area contributed by atoms with Gasteiger partial charge in [-0.25, -0.2) is 4.79 Å². The van der Waals surface area contributed by atoms with Gasteiger partial charge >= 0.3 is 5.97 Å². The fraction of sp³-hybridized carbons (Fsp3) is 0.778. The fourth-order valence-corrected chi connectivity index (χ4v) is 1.11. The Hall–Kier alpha value is -1.10. The highest BCUT2D eigenvalue weighted by atomic mass is 16.6. The molecule has 2 atom stereocenters. The number of nitrogens with two attached hydrogens (primary N) is 1. The van der Waals surface area contributed by atoms with E-state index in [2.05, 4.69) is 6.92 Å². The van der Waals surface area contributed by atoms with E-state index in [1.54, 1.807) is 0 Å². The molecule has 14 heavy (non-hydrogen) atoms. The lowest BCUT2D eigenvalue weighted by atomic mass is 10.3. The Bertz CT molecular complexity index is 229. The SMILES string of the molecule is CCCCCOC(=O)C1OC1C(N)=O. The molecule has 0 aromatic rings. The molecule has 1 heterocycles. The van der Waals surface area contributed by atoms with Crippen molar-refractivity contribution in [2.45, 2.75) is 38.4 Å². The average molecular weight is 201 g/mol. The van der Waals surface area contributed by atoms with Crippen LogP contribution in [0.5, 0.6) is 0 Å². The van der Waals surface area contributed by atoms with Crippen molar-refractivity contribution in [3.05, 3.63) is 0 Å². The molecule has 1 aliphatic rings. The zero-order valence-electron chi connectivity index (χ0n) is 8.19. The monoisotopic (exact) mass is 201 g/mol. The predicted molar refractivity (Wildman–Crippen MR) is 48.3 cm³/mol. The smallest absolute Gasteiger partial charge is 0.338 e. The van der Waals surface area contributed by atoms with Gasteiger partial charge in [0.25, 0.3) is 0 Å². The second kappa shape index (κ2) is 4.95. The molecule has 2 N–H and O–H groups in total. The summed E-state index contributed by atoms with van der Waals surface area (Å²) in [5, 5.41) is 0. The summed E-state index contributed by atoms with van der Waals surface area (Å²) >= 11 is 0. The third-order valence-electron chi connectivity index (χ3n) is 2.00. The highest BCUT2D eigenvalue weighted by Gasteiger charge is 2.50. The number of unbranched alkanes of at least 4 members (excludes halogenated alkanes) is 2. The Morgan fingerprint density at radius 1 is 1.36 bits per heavy atom. The van der Waals surface area contributed by atoms with Crippen LogP contribution >= 0.6 is 0 Å². The largest absolute Gasteiger partial charge is 0.464 e. The number of ether oxygens (including phenoxy) is 2. The molecule has 1 rings (SSSR count). The molecule has 0 radical (unpaired) electrons. The fourth-order valence-electron chi connectivity index (χ4n) is 1.11. The summed E-state index contributed by atoms with van der Waals surface area (Å²) in [4.78, 5) is 21.7. The predicted octanol–water partition coefficient (Wildman–Crippen LogP) is -0.0275. The molecule has 5 nitrogen and oxygen atoms in total. The first-order chi connectivity index (χ1) is 6.66. The molecular formula is C9H15NO4. The Morgan fingerprint density at radius 2 is 2.07 bits per heavy atom. The van der Waals surface area contributed by atoms with Gasteiger partial charge in [0.05, 0.1) is 6.61 Å². The van der Waals surface area contributed by atoms with Gasteiger partial charge in [-0.05, 0) is 6.42 Å².